The van der Waals surface area contributed by atoms with Crippen LogP contribution in [-0.2, 0) is 6.54 Å². The van der Waals surface area contributed by atoms with Crippen molar-refractivity contribution < 1.29 is 0 Å². The van der Waals surface area contributed by atoms with Gasteiger partial charge in [-0.3, -0.25) is 4.68 Å². The highest BCUT2D eigenvalue weighted by atomic mass is 15.3. The Hall–Kier alpha value is -0.830. The third-order valence-corrected chi connectivity index (χ3v) is 2.51. The molecule has 0 bridgehead atoms. The molecule has 2 rings (SSSR count). The minimum Gasteiger partial charge on any atom is -0.325 e. The fourth-order valence-electron chi connectivity index (χ4n) is 1.60. The molecule has 1 aliphatic carbocycles. The first-order valence-corrected chi connectivity index (χ1v) is 5.00. The first-order valence-electron chi connectivity index (χ1n) is 5.00. The Labute approximate surface area is 78.9 Å². The summed E-state index contributed by atoms with van der Waals surface area (Å²) in [5.74, 6) is 0.549. The highest BCUT2D eigenvalue weighted by molar-refractivity contribution is 5.15. The number of aromatic nitrogens is 2. The molecule has 1 heterocycles. The lowest BCUT2D eigenvalue weighted by Gasteiger charge is -2.07. The van der Waals surface area contributed by atoms with Gasteiger partial charge in [0.05, 0.1) is 11.7 Å². The predicted octanol–water partition coefficient (Wildman–Crippen LogP) is 1.80. The molecule has 1 fully saturated rings. The number of rotatable bonds is 3. The second-order valence-corrected chi connectivity index (χ2v) is 4.10. The summed E-state index contributed by atoms with van der Waals surface area (Å²) in [6.07, 6.45) is 2.57. The van der Waals surface area contributed by atoms with Gasteiger partial charge in [-0.25, -0.2) is 0 Å². The summed E-state index contributed by atoms with van der Waals surface area (Å²) in [6.45, 7) is 4.96. The van der Waals surface area contributed by atoms with E-state index < -0.39 is 0 Å². The molecule has 0 aliphatic heterocycles. The molecule has 0 spiro atoms. The number of hydrogen-bond acceptors (Lipinski definition) is 2. The van der Waals surface area contributed by atoms with Gasteiger partial charge in [0.1, 0.15) is 0 Å². The molecule has 13 heavy (non-hydrogen) atoms. The van der Waals surface area contributed by atoms with Crippen LogP contribution in [0.5, 0.6) is 0 Å². The molecular formula is C10H17N3. The van der Waals surface area contributed by atoms with E-state index in [1.165, 1.54) is 18.5 Å². The molecule has 0 aromatic carbocycles. The van der Waals surface area contributed by atoms with Gasteiger partial charge >= 0.3 is 0 Å². The highest BCUT2D eigenvalue weighted by Crippen LogP contribution is 2.37. The summed E-state index contributed by atoms with van der Waals surface area (Å²) in [6, 6.07) is 2.81. The van der Waals surface area contributed by atoms with Crippen molar-refractivity contribution in [3.05, 3.63) is 17.5 Å². The van der Waals surface area contributed by atoms with Gasteiger partial charge in [-0.05, 0) is 24.8 Å². The lowest BCUT2D eigenvalue weighted by atomic mass is 10.1. The van der Waals surface area contributed by atoms with Crippen molar-refractivity contribution in [2.24, 2.45) is 5.73 Å². The minimum absolute atomic E-state index is 0.549. The van der Waals surface area contributed by atoms with Gasteiger partial charge in [-0.2, -0.15) is 5.10 Å². The molecule has 0 amide bonds. The molecule has 1 aromatic rings. The molecule has 72 valence electrons. The largest absolute Gasteiger partial charge is 0.325 e. The standard InChI is InChI=1S/C10H17N3/c1-7(2)10-5-8(6-11)12-13(10)9-3-4-9/h5,7,9H,3-4,6,11H2,1-2H3. The van der Waals surface area contributed by atoms with Crippen LogP contribution in [0.3, 0.4) is 0 Å². The molecule has 3 heteroatoms. The van der Waals surface area contributed by atoms with Crippen LogP contribution in [0.25, 0.3) is 0 Å². The lowest BCUT2D eigenvalue weighted by Crippen LogP contribution is -2.04. The molecule has 1 saturated carbocycles. The van der Waals surface area contributed by atoms with E-state index >= 15 is 0 Å². The van der Waals surface area contributed by atoms with E-state index in [2.05, 4.69) is 29.7 Å². The second kappa shape index (κ2) is 3.14. The molecule has 1 aromatic heterocycles. The van der Waals surface area contributed by atoms with Crippen molar-refractivity contribution in [2.45, 2.75) is 45.2 Å². The van der Waals surface area contributed by atoms with E-state index in [1.807, 2.05) is 0 Å². The van der Waals surface area contributed by atoms with Crippen LogP contribution in [0.1, 0.15) is 50.0 Å². The Morgan fingerprint density at radius 2 is 2.31 bits per heavy atom. The maximum absolute atomic E-state index is 5.58. The minimum atomic E-state index is 0.549. The van der Waals surface area contributed by atoms with Gasteiger partial charge < -0.3 is 5.73 Å². The third kappa shape index (κ3) is 1.61. The van der Waals surface area contributed by atoms with Crippen molar-refractivity contribution in [3.8, 4) is 0 Å². The van der Waals surface area contributed by atoms with Crippen molar-refractivity contribution in [1.82, 2.24) is 9.78 Å². The lowest BCUT2D eigenvalue weighted by molar-refractivity contribution is 0.577. The SMILES string of the molecule is CC(C)c1cc(CN)nn1C1CC1. The molecule has 0 saturated heterocycles. The predicted molar refractivity (Wildman–Crippen MR) is 52.5 cm³/mol. The van der Waals surface area contributed by atoms with Crippen LogP contribution in [0.15, 0.2) is 6.07 Å². The summed E-state index contributed by atoms with van der Waals surface area (Å²) in [7, 11) is 0. The summed E-state index contributed by atoms with van der Waals surface area (Å²) in [4.78, 5) is 0. The van der Waals surface area contributed by atoms with Crippen molar-refractivity contribution in [2.75, 3.05) is 0 Å². The van der Waals surface area contributed by atoms with Gasteiger partial charge in [0.15, 0.2) is 0 Å². The average Bonchev–Trinajstić information content (AvgIpc) is 2.84. The average molecular weight is 179 g/mol. The molecular weight excluding hydrogens is 162 g/mol. The summed E-state index contributed by atoms with van der Waals surface area (Å²) in [5.41, 5.74) is 7.94. The Bertz CT molecular complexity index is 278. The number of hydrogen-bond donors (Lipinski definition) is 1. The maximum atomic E-state index is 5.58. The van der Waals surface area contributed by atoms with Crippen LogP contribution in [0.4, 0.5) is 0 Å². The Balaban J connectivity index is 2.33. The molecule has 0 atom stereocenters. The fourth-order valence-corrected chi connectivity index (χ4v) is 1.60. The first kappa shape index (κ1) is 8.75. The molecule has 0 radical (unpaired) electrons. The van der Waals surface area contributed by atoms with Crippen LogP contribution in [-0.4, -0.2) is 9.78 Å². The van der Waals surface area contributed by atoms with Crippen LogP contribution in [0, 0.1) is 0 Å². The van der Waals surface area contributed by atoms with Crippen LogP contribution < -0.4 is 5.73 Å². The summed E-state index contributed by atoms with van der Waals surface area (Å²) >= 11 is 0. The molecule has 3 nitrogen and oxygen atoms in total. The van der Waals surface area contributed by atoms with E-state index in [1.54, 1.807) is 0 Å². The second-order valence-electron chi connectivity index (χ2n) is 4.10. The smallest absolute Gasteiger partial charge is 0.0763 e. The highest BCUT2D eigenvalue weighted by Gasteiger charge is 2.27. The molecule has 1 aliphatic rings. The zero-order valence-electron chi connectivity index (χ0n) is 8.33. The molecule has 2 N–H and O–H groups in total. The monoisotopic (exact) mass is 179 g/mol. The van der Waals surface area contributed by atoms with Crippen molar-refractivity contribution in [1.29, 1.82) is 0 Å². The van der Waals surface area contributed by atoms with E-state index in [0.717, 1.165) is 5.69 Å². The quantitative estimate of drug-likeness (QED) is 0.769. The zero-order chi connectivity index (χ0) is 9.42. The number of nitrogens with two attached hydrogens (primary N) is 1. The first-order chi connectivity index (χ1) is 6.22. The van der Waals surface area contributed by atoms with Gasteiger partial charge in [0.2, 0.25) is 0 Å². The number of nitrogens with zero attached hydrogens (tertiary/aromatic N) is 2. The fraction of sp³-hybridized carbons (Fsp3) is 0.700. The Kier molecular flexibility index (Phi) is 2.12. The topological polar surface area (TPSA) is 43.8 Å². The zero-order valence-corrected chi connectivity index (χ0v) is 8.33. The van der Waals surface area contributed by atoms with E-state index in [4.69, 9.17) is 5.73 Å². The normalized spacial score (nSPS) is 16.9. The van der Waals surface area contributed by atoms with Crippen molar-refractivity contribution in [3.63, 3.8) is 0 Å². The van der Waals surface area contributed by atoms with E-state index in [0.29, 0.717) is 18.5 Å². The van der Waals surface area contributed by atoms with Crippen LogP contribution >= 0.6 is 0 Å². The van der Waals surface area contributed by atoms with E-state index in [9.17, 15) is 0 Å². The molecule has 0 unspecified atom stereocenters. The third-order valence-electron chi connectivity index (χ3n) is 2.51. The van der Waals surface area contributed by atoms with Crippen LogP contribution in [0.2, 0.25) is 0 Å². The van der Waals surface area contributed by atoms with Gasteiger partial charge in [0.25, 0.3) is 0 Å². The van der Waals surface area contributed by atoms with E-state index in [-0.39, 0.29) is 0 Å². The van der Waals surface area contributed by atoms with Gasteiger partial charge in [0, 0.05) is 12.2 Å². The van der Waals surface area contributed by atoms with Gasteiger partial charge in [-0.1, -0.05) is 13.8 Å². The van der Waals surface area contributed by atoms with Crippen molar-refractivity contribution >= 4 is 0 Å². The van der Waals surface area contributed by atoms with Gasteiger partial charge in [-0.15, -0.1) is 0 Å². The Morgan fingerprint density at radius 1 is 1.62 bits per heavy atom. The summed E-state index contributed by atoms with van der Waals surface area (Å²) < 4.78 is 2.17. The summed E-state index contributed by atoms with van der Waals surface area (Å²) in [5, 5.41) is 4.50. The Morgan fingerprint density at radius 3 is 2.77 bits per heavy atom. The maximum Gasteiger partial charge on any atom is 0.0763 e.